The van der Waals surface area contributed by atoms with Crippen molar-refractivity contribution in [3.8, 4) is 0 Å². The van der Waals surface area contributed by atoms with E-state index in [-0.39, 0.29) is 11.7 Å². The van der Waals surface area contributed by atoms with Crippen LogP contribution in [0.5, 0.6) is 0 Å². The summed E-state index contributed by atoms with van der Waals surface area (Å²) in [6.07, 6.45) is 5.82. The summed E-state index contributed by atoms with van der Waals surface area (Å²) in [4.78, 5) is 12.4. The maximum atomic E-state index is 13.0. The molecule has 0 aromatic heterocycles. The van der Waals surface area contributed by atoms with Crippen LogP contribution >= 0.6 is 0 Å². The standard InChI is InChI=1S/C20H22FNO/c21-11-3-1-10(2-4-11)19(23)22-9-16-17-14-7-13-12-5-6-20(16,18(12)14)8-15(13)17/h1-4,12-18H,5-9H2,(H,22,23). The van der Waals surface area contributed by atoms with Crippen molar-refractivity contribution >= 4 is 5.91 Å². The fourth-order valence-corrected chi connectivity index (χ4v) is 8.33. The lowest BCUT2D eigenvalue weighted by atomic mass is 9.63. The summed E-state index contributed by atoms with van der Waals surface area (Å²) in [6, 6.07) is 5.89. The van der Waals surface area contributed by atoms with Crippen molar-refractivity contribution in [1.29, 1.82) is 0 Å². The minimum absolute atomic E-state index is 0.0399. The van der Waals surface area contributed by atoms with Crippen LogP contribution in [0.25, 0.3) is 0 Å². The van der Waals surface area contributed by atoms with Crippen LogP contribution < -0.4 is 5.32 Å². The molecule has 8 atom stereocenters. The number of carbonyl (C=O) groups is 1. The van der Waals surface area contributed by atoms with Gasteiger partial charge >= 0.3 is 0 Å². The first kappa shape index (κ1) is 13.0. The van der Waals surface area contributed by atoms with E-state index in [0.29, 0.717) is 16.9 Å². The summed E-state index contributed by atoms with van der Waals surface area (Å²) in [5.74, 6) is 6.31. The Labute approximate surface area is 135 Å². The highest BCUT2D eigenvalue weighted by molar-refractivity contribution is 5.94. The van der Waals surface area contributed by atoms with Crippen molar-refractivity contribution in [2.24, 2.45) is 46.8 Å². The maximum absolute atomic E-state index is 13.0. The molecule has 2 nitrogen and oxygen atoms in total. The molecule has 3 heteroatoms. The molecule has 4 bridgehead atoms. The summed E-state index contributed by atoms with van der Waals surface area (Å²) >= 11 is 0. The SMILES string of the molecule is O=C(NCC1C2C3CC14CCC1C3CC2C14)c1ccc(F)cc1. The van der Waals surface area contributed by atoms with Gasteiger partial charge in [0.1, 0.15) is 5.82 Å². The van der Waals surface area contributed by atoms with E-state index in [1.165, 1.54) is 37.8 Å². The number of hydrogen-bond acceptors (Lipinski definition) is 1. The Hall–Kier alpha value is -1.38. The lowest BCUT2D eigenvalue weighted by molar-refractivity contribution is 0.0620. The molecule has 1 aromatic rings. The molecule has 0 saturated heterocycles. The number of benzene rings is 1. The Morgan fingerprint density at radius 2 is 2.00 bits per heavy atom. The minimum Gasteiger partial charge on any atom is -0.352 e. The highest BCUT2D eigenvalue weighted by Gasteiger charge is 2.80. The Morgan fingerprint density at radius 1 is 1.17 bits per heavy atom. The second-order valence-electron chi connectivity index (χ2n) is 8.79. The van der Waals surface area contributed by atoms with Crippen molar-refractivity contribution in [3.63, 3.8) is 0 Å². The molecule has 6 rings (SSSR count). The van der Waals surface area contributed by atoms with Gasteiger partial charge in [-0.15, -0.1) is 0 Å². The predicted octanol–water partition coefficient (Wildman–Crippen LogP) is 3.48. The zero-order valence-corrected chi connectivity index (χ0v) is 13.2. The lowest BCUT2D eigenvalue weighted by Gasteiger charge is -2.41. The smallest absolute Gasteiger partial charge is 0.251 e. The molecule has 0 radical (unpaired) electrons. The molecule has 5 aliphatic rings. The average Bonchev–Trinajstić information content (AvgIpc) is 3.26. The van der Waals surface area contributed by atoms with E-state index < -0.39 is 0 Å². The van der Waals surface area contributed by atoms with E-state index in [1.807, 2.05) is 0 Å². The molecular formula is C20H22FNO. The molecule has 8 unspecified atom stereocenters. The molecule has 0 aliphatic heterocycles. The number of carbonyl (C=O) groups excluding carboxylic acids is 1. The fourth-order valence-electron chi connectivity index (χ4n) is 8.33. The molecule has 5 fully saturated rings. The first-order valence-corrected chi connectivity index (χ1v) is 9.23. The zero-order chi connectivity index (χ0) is 15.3. The van der Waals surface area contributed by atoms with E-state index in [4.69, 9.17) is 0 Å². The van der Waals surface area contributed by atoms with Crippen molar-refractivity contribution in [2.45, 2.75) is 25.7 Å². The first-order chi connectivity index (χ1) is 11.2. The van der Waals surface area contributed by atoms with Gasteiger partial charge in [0.05, 0.1) is 0 Å². The maximum Gasteiger partial charge on any atom is 0.251 e. The van der Waals surface area contributed by atoms with Crippen LogP contribution in [0.15, 0.2) is 24.3 Å². The molecular weight excluding hydrogens is 289 g/mol. The van der Waals surface area contributed by atoms with Gasteiger partial charge in [0.2, 0.25) is 0 Å². The number of halogens is 1. The van der Waals surface area contributed by atoms with E-state index in [1.54, 1.807) is 12.1 Å². The van der Waals surface area contributed by atoms with Crippen molar-refractivity contribution in [3.05, 3.63) is 35.6 Å². The number of nitrogens with one attached hydrogen (secondary N) is 1. The van der Waals surface area contributed by atoms with Gasteiger partial charge in [0, 0.05) is 12.1 Å². The third-order valence-electron chi connectivity index (χ3n) is 8.57. The molecule has 23 heavy (non-hydrogen) atoms. The Bertz CT molecular complexity index is 698. The molecule has 0 heterocycles. The summed E-state index contributed by atoms with van der Waals surface area (Å²) < 4.78 is 13.0. The molecule has 1 amide bonds. The van der Waals surface area contributed by atoms with Gasteiger partial charge in [-0.3, -0.25) is 4.79 Å². The van der Waals surface area contributed by atoms with Gasteiger partial charge in [-0.05, 0) is 96.8 Å². The summed E-state index contributed by atoms with van der Waals surface area (Å²) in [5, 5.41) is 3.19. The summed E-state index contributed by atoms with van der Waals surface area (Å²) in [7, 11) is 0. The first-order valence-electron chi connectivity index (χ1n) is 9.23. The zero-order valence-electron chi connectivity index (χ0n) is 13.2. The Morgan fingerprint density at radius 3 is 2.78 bits per heavy atom. The van der Waals surface area contributed by atoms with Gasteiger partial charge in [0.15, 0.2) is 0 Å². The minimum atomic E-state index is -0.289. The molecule has 1 aromatic carbocycles. The largest absolute Gasteiger partial charge is 0.352 e. The van der Waals surface area contributed by atoms with Crippen LogP contribution in [-0.4, -0.2) is 12.5 Å². The second kappa shape index (κ2) is 3.99. The van der Waals surface area contributed by atoms with Crippen molar-refractivity contribution in [2.75, 3.05) is 6.54 Å². The average molecular weight is 311 g/mol. The predicted molar refractivity (Wildman–Crippen MR) is 84.1 cm³/mol. The van der Waals surface area contributed by atoms with Crippen LogP contribution in [0.2, 0.25) is 0 Å². The van der Waals surface area contributed by atoms with Crippen LogP contribution in [0.3, 0.4) is 0 Å². The third kappa shape index (κ3) is 1.36. The van der Waals surface area contributed by atoms with Crippen molar-refractivity contribution < 1.29 is 9.18 Å². The summed E-state index contributed by atoms with van der Waals surface area (Å²) in [6.45, 7) is 0.837. The van der Waals surface area contributed by atoms with E-state index in [9.17, 15) is 9.18 Å². The van der Waals surface area contributed by atoms with Crippen molar-refractivity contribution in [1.82, 2.24) is 5.32 Å². The lowest BCUT2D eigenvalue weighted by Crippen LogP contribution is -2.38. The van der Waals surface area contributed by atoms with Gasteiger partial charge in [0.25, 0.3) is 5.91 Å². The van der Waals surface area contributed by atoms with Crippen LogP contribution in [-0.2, 0) is 0 Å². The topological polar surface area (TPSA) is 29.1 Å². The number of amides is 1. The van der Waals surface area contributed by atoms with Gasteiger partial charge < -0.3 is 5.32 Å². The highest BCUT2D eigenvalue weighted by Crippen LogP contribution is 2.85. The van der Waals surface area contributed by atoms with Crippen LogP contribution in [0, 0.1) is 52.7 Å². The second-order valence-corrected chi connectivity index (χ2v) is 8.79. The molecule has 1 spiro atoms. The monoisotopic (exact) mass is 311 g/mol. The van der Waals surface area contributed by atoms with Gasteiger partial charge in [-0.1, -0.05) is 0 Å². The highest BCUT2D eigenvalue weighted by atomic mass is 19.1. The fraction of sp³-hybridized carbons (Fsp3) is 0.650. The molecule has 5 saturated carbocycles. The molecule has 5 aliphatic carbocycles. The van der Waals surface area contributed by atoms with Gasteiger partial charge in [-0.25, -0.2) is 4.39 Å². The number of fused-ring (bicyclic) bond motifs is 3. The number of rotatable bonds is 3. The van der Waals surface area contributed by atoms with E-state index >= 15 is 0 Å². The van der Waals surface area contributed by atoms with Crippen LogP contribution in [0.4, 0.5) is 4.39 Å². The normalized spacial score (nSPS) is 50.2. The molecule has 1 N–H and O–H groups in total. The third-order valence-corrected chi connectivity index (χ3v) is 8.57. The molecule has 120 valence electrons. The quantitative estimate of drug-likeness (QED) is 0.910. The number of hydrogen-bond donors (Lipinski definition) is 1. The Kier molecular flexibility index (Phi) is 2.25. The van der Waals surface area contributed by atoms with E-state index in [2.05, 4.69) is 5.32 Å². The Balaban J connectivity index is 1.24. The summed E-state index contributed by atoms with van der Waals surface area (Å²) in [5.41, 5.74) is 1.15. The van der Waals surface area contributed by atoms with Gasteiger partial charge in [-0.2, -0.15) is 0 Å². The van der Waals surface area contributed by atoms with E-state index in [0.717, 1.165) is 42.1 Å². The van der Waals surface area contributed by atoms with Crippen LogP contribution in [0.1, 0.15) is 36.0 Å².